The monoisotopic (exact) mass is 182 g/mol. The van der Waals surface area contributed by atoms with Crippen molar-refractivity contribution >= 4 is 17.4 Å². The van der Waals surface area contributed by atoms with Crippen LogP contribution in [0.3, 0.4) is 0 Å². The fourth-order valence-corrected chi connectivity index (χ4v) is 1.01. The van der Waals surface area contributed by atoms with Crippen molar-refractivity contribution in [2.75, 3.05) is 6.54 Å². The lowest BCUT2D eigenvalue weighted by Gasteiger charge is -2.09. The van der Waals surface area contributed by atoms with Gasteiger partial charge in [-0.05, 0) is 19.1 Å². The van der Waals surface area contributed by atoms with Crippen molar-refractivity contribution in [3.05, 3.63) is 35.5 Å². The van der Waals surface area contributed by atoms with Crippen molar-refractivity contribution in [1.29, 1.82) is 0 Å². The van der Waals surface area contributed by atoms with Gasteiger partial charge in [-0.1, -0.05) is 18.2 Å². The number of hydrogen-bond donors (Lipinski definition) is 1. The summed E-state index contributed by atoms with van der Waals surface area (Å²) in [5.74, 6) is 0.789. The highest BCUT2D eigenvalue weighted by atomic mass is 35.5. The van der Waals surface area contributed by atoms with E-state index in [1.54, 1.807) is 6.08 Å². The Hall–Kier alpha value is -1.02. The summed E-state index contributed by atoms with van der Waals surface area (Å²) in [5.41, 5.74) is 0.812. The summed E-state index contributed by atoms with van der Waals surface area (Å²) in [6, 6.07) is 0. The van der Waals surface area contributed by atoms with Crippen LogP contribution in [0, 0.1) is 0 Å². The molecule has 0 unspecified atom stereocenters. The molecule has 0 aromatic carbocycles. The second kappa shape index (κ2) is 4.12. The van der Waals surface area contributed by atoms with Gasteiger partial charge in [0.1, 0.15) is 5.84 Å². The quantitative estimate of drug-likeness (QED) is 0.651. The van der Waals surface area contributed by atoms with Gasteiger partial charge in [0.25, 0.3) is 0 Å². The van der Waals surface area contributed by atoms with Gasteiger partial charge in [-0.2, -0.15) is 0 Å². The van der Waals surface area contributed by atoms with Crippen LogP contribution in [-0.2, 0) is 0 Å². The maximum absolute atomic E-state index is 5.69. The molecule has 1 aliphatic rings. The predicted octanol–water partition coefficient (Wildman–Crippen LogP) is 2.20. The van der Waals surface area contributed by atoms with E-state index in [1.807, 2.05) is 19.2 Å². The average Bonchev–Trinajstić information content (AvgIpc) is 2.05. The van der Waals surface area contributed by atoms with Crippen LogP contribution in [-0.4, -0.2) is 12.4 Å². The molecule has 0 amide bonds. The van der Waals surface area contributed by atoms with Crippen LogP contribution in [0.4, 0.5) is 0 Å². The van der Waals surface area contributed by atoms with Crippen LogP contribution in [0.5, 0.6) is 0 Å². The average molecular weight is 183 g/mol. The smallest absolute Gasteiger partial charge is 0.132 e. The van der Waals surface area contributed by atoms with E-state index in [4.69, 9.17) is 11.6 Å². The number of nitrogens with zero attached hydrogens (tertiary/aromatic N) is 1. The highest BCUT2D eigenvalue weighted by Gasteiger charge is 2.01. The zero-order chi connectivity index (χ0) is 8.97. The number of nitrogens with one attached hydrogen (secondary N) is 1. The molecule has 64 valence electrons. The minimum atomic E-state index is 0.705. The van der Waals surface area contributed by atoms with Gasteiger partial charge < -0.3 is 5.32 Å². The van der Waals surface area contributed by atoms with Crippen molar-refractivity contribution in [3.63, 3.8) is 0 Å². The summed E-state index contributed by atoms with van der Waals surface area (Å²) in [5, 5.41) is 3.70. The first-order chi connectivity index (χ1) is 5.70. The standard InChI is InChI=1S/C9H11ClN2/c1-7(6-8(2)10)9-11-4-3-5-12-9/h3-4,6H,1,5H2,2H3,(H,11,12)/b8-6+. The van der Waals surface area contributed by atoms with Crippen molar-refractivity contribution in [2.24, 2.45) is 4.99 Å². The lowest BCUT2D eigenvalue weighted by molar-refractivity contribution is 1.10. The molecule has 0 radical (unpaired) electrons. The summed E-state index contributed by atoms with van der Waals surface area (Å²) in [6.45, 7) is 6.35. The molecule has 0 bridgehead atoms. The lowest BCUT2D eigenvalue weighted by Crippen LogP contribution is -2.21. The number of amidine groups is 1. The molecule has 1 aliphatic heterocycles. The molecule has 1 rings (SSSR count). The number of allylic oxidation sites excluding steroid dienone is 1. The Kier molecular flexibility index (Phi) is 3.11. The van der Waals surface area contributed by atoms with Crippen molar-refractivity contribution < 1.29 is 0 Å². The van der Waals surface area contributed by atoms with Crippen LogP contribution in [0.15, 0.2) is 40.5 Å². The van der Waals surface area contributed by atoms with E-state index in [-0.39, 0.29) is 0 Å². The minimum absolute atomic E-state index is 0.705. The first kappa shape index (κ1) is 9.07. The fraction of sp³-hybridized carbons (Fsp3) is 0.222. The molecule has 0 aliphatic carbocycles. The summed E-state index contributed by atoms with van der Waals surface area (Å²) < 4.78 is 0. The molecule has 3 heteroatoms. The first-order valence-electron chi connectivity index (χ1n) is 3.69. The molecule has 0 atom stereocenters. The predicted molar refractivity (Wildman–Crippen MR) is 53.3 cm³/mol. The van der Waals surface area contributed by atoms with Gasteiger partial charge in [0, 0.05) is 16.8 Å². The Balaban J connectivity index is 2.65. The minimum Gasteiger partial charge on any atom is -0.347 e. The van der Waals surface area contributed by atoms with Crippen LogP contribution >= 0.6 is 11.6 Å². The SMILES string of the molecule is C=C(/C=C(\C)Cl)C1=NCC=CN1. The van der Waals surface area contributed by atoms with E-state index in [2.05, 4.69) is 16.9 Å². The Morgan fingerprint density at radius 2 is 2.58 bits per heavy atom. The summed E-state index contributed by atoms with van der Waals surface area (Å²) >= 11 is 5.69. The van der Waals surface area contributed by atoms with Crippen LogP contribution in [0.25, 0.3) is 0 Å². The van der Waals surface area contributed by atoms with E-state index in [0.29, 0.717) is 11.6 Å². The van der Waals surface area contributed by atoms with Crippen molar-refractivity contribution in [1.82, 2.24) is 5.32 Å². The zero-order valence-electron chi connectivity index (χ0n) is 6.97. The molecule has 0 saturated heterocycles. The molecular weight excluding hydrogens is 172 g/mol. The zero-order valence-corrected chi connectivity index (χ0v) is 7.73. The normalized spacial score (nSPS) is 16.8. The molecule has 12 heavy (non-hydrogen) atoms. The molecule has 0 fully saturated rings. The molecule has 0 aromatic heterocycles. The lowest BCUT2D eigenvalue weighted by atomic mass is 10.2. The third-order valence-corrected chi connectivity index (χ3v) is 1.48. The van der Waals surface area contributed by atoms with Crippen molar-refractivity contribution in [2.45, 2.75) is 6.92 Å². The maximum Gasteiger partial charge on any atom is 0.132 e. The Labute approximate surface area is 77.3 Å². The molecule has 1 heterocycles. The van der Waals surface area contributed by atoms with Gasteiger partial charge in [0.2, 0.25) is 0 Å². The molecule has 0 saturated carbocycles. The van der Waals surface area contributed by atoms with Crippen LogP contribution in [0.1, 0.15) is 6.92 Å². The highest BCUT2D eigenvalue weighted by Crippen LogP contribution is 2.06. The number of hydrogen-bond acceptors (Lipinski definition) is 2. The molecular formula is C9H11ClN2. The maximum atomic E-state index is 5.69. The van der Waals surface area contributed by atoms with Gasteiger partial charge in [0.15, 0.2) is 0 Å². The second-order valence-electron chi connectivity index (χ2n) is 2.49. The summed E-state index contributed by atoms with van der Waals surface area (Å²) in [4.78, 5) is 4.20. The molecule has 0 spiro atoms. The Morgan fingerprint density at radius 1 is 1.83 bits per heavy atom. The van der Waals surface area contributed by atoms with Crippen LogP contribution < -0.4 is 5.32 Å². The molecule has 0 aromatic rings. The Morgan fingerprint density at radius 3 is 3.08 bits per heavy atom. The molecule has 2 nitrogen and oxygen atoms in total. The number of rotatable bonds is 2. The first-order valence-corrected chi connectivity index (χ1v) is 4.07. The van der Waals surface area contributed by atoms with Crippen LogP contribution in [0.2, 0.25) is 0 Å². The van der Waals surface area contributed by atoms with E-state index in [1.165, 1.54) is 0 Å². The van der Waals surface area contributed by atoms with Gasteiger partial charge in [0.05, 0.1) is 6.54 Å². The summed E-state index contributed by atoms with van der Waals surface area (Å²) in [6.07, 6.45) is 5.57. The van der Waals surface area contributed by atoms with E-state index in [0.717, 1.165) is 11.4 Å². The largest absolute Gasteiger partial charge is 0.347 e. The fourth-order valence-electron chi connectivity index (χ4n) is 0.883. The third-order valence-electron chi connectivity index (χ3n) is 1.37. The van der Waals surface area contributed by atoms with E-state index >= 15 is 0 Å². The topological polar surface area (TPSA) is 24.4 Å². The van der Waals surface area contributed by atoms with E-state index < -0.39 is 0 Å². The van der Waals surface area contributed by atoms with Crippen molar-refractivity contribution in [3.8, 4) is 0 Å². The molecule has 1 N–H and O–H groups in total. The number of aliphatic imine (C=N–C) groups is 1. The summed E-state index contributed by atoms with van der Waals surface area (Å²) in [7, 11) is 0. The number of halogens is 1. The van der Waals surface area contributed by atoms with Gasteiger partial charge >= 0.3 is 0 Å². The third kappa shape index (κ3) is 2.55. The second-order valence-corrected chi connectivity index (χ2v) is 3.09. The van der Waals surface area contributed by atoms with Gasteiger partial charge in [-0.25, -0.2) is 0 Å². The van der Waals surface area contributed by atoms with Gasteiger partial charge in [-0.15, -0.1) is 0 Å². The van der Waals surface area contributed by atoms with E-state index in [9.17, 15) is 0 Å². The van der Waals surface area contributed by atoms with Gasteiger partial charge in [-0.3, -0.25) is 4.99 Å². The highest BCUT2D eigenvalue weighted by molar-refractivity contribution is 6.29. The Bertz CT molecular complexity index is 270.